The lowest BCUT2D eigenvalue weighted by Crippen LogP contribution is -2.42. The third-order valence-corrected chi connectivity index (χ3v) is 4.31. The summed E-state index contributed by atoms with van der Waals surface area (Å²) in [6.07, 6.45) is 0.384. The molecular formula is C20H20FN3O3. The van der Waals surface area contributed by atoms with Crippen molar-refractivity contribution in [3.8, 4) is 0 Å². The highest BCUT2D eigenvalue weighted by Gasteiger charge is 2.26. The molecule has 7 heteroatoms. The Hall–Kier alpha value is -3.22. The van der Waals surface area contributed by atoms with Crippen LogP contribution in [0.25, 0.3) is 0 Å². The zero-order valence-corrected chi connectivity index (χ0v) is 14.7. The lowest BCUT2D eigenvalue weighted by Gasteiger charge is -2.29. The SMILES string of the molecule is O=C(CCC(=O)N1CC(=O)Nc2ccccc21)NCCc1ccccc1F. The van der Waals surface area contributed by atoms with Crippen molar-refractivity contribution in [3.63, 3.8) is 0 Å². The topological polar surface area (TPSA) is 78.5 Å². The van der Waals surface area contributed by atoms with Crippen LogP contribution in [0.4, 0.5) is 15.8 Å². The molecule has 0 saturated heterocycles. The second-order valence-corrected chi connectivity index (χ2v) is 6.24. The molecule has 0 aromatic heterocycles. The van der Waals surface area contributed by atoms with E-state index in [9.17, 15) is 18.8 Å². The van der Waals surface area contributed by atoms with Crippen LogP contribution in [-0.2, 0) is 20.8 Å². The number of para-hydroxylation sites is 2. The fourth-order valence-electron chi connectivity index (χ4n) is 2.94. The summed E-state index contributed by atoms with van der Waals surface area (Å²) >= 11 is 0. The van der Waals surface area contributed by atoms with Crippen LogP contribution in [-0.4, -0.2) is 30.8 Å². The normalized spacial score (nSPS) is 12.9. The van der Waals surface area contributed by atoms with Crippen LogP contribution < -0.4 is 15.5 Å². The van der Waals surface area contributed by atoms with Crippen LogP contribution in [0.1, 0.15) is 18.4 Å². The van der Waals surface area contributed by atoms with Crippen molar-refractivity contribution < 1.29 is 18.8 Å². The molecule has 3 amide bonds. The Morgan fingerprint density at radius 2 is 1.81 bits per heavy atom. The van der Waals surface area contributed by atoms with Gasteiger partial charge in [0.25, 0.3) is 0 Å². The molecule has 2 aromatic rings. The first kappa shape index (κ1) is 18.6. The number of hydrogen-bond donors (Lipinski definition) is 2. The van der Waals surface area contributed by atoms with E-state index in [2.05, 4.69) is 10.6 Å². The Balaban J connectivity index is 1.48. The van der Waals surface area contributed by atoms with Gasteiger partial charge in [0.1, 0.15) is 12.4 Å². The highest BCUT2D eigenvalue weighted by molar-refractivity contribution is 6.10. The smallest absolute Gasteiger partial charge is 0.244 e. The summed E-state index contributed by atoms with van der Waals surface area (Å²) in [7, 11) is 0. The number of nitrogens with zero attached hydrogens (tertiary/aromatic N) is 1. The van der Waals surface area contributed by atoms with E-state index in [4.69, 9.17) is 0 Å². The second-order valence-electron chi connectivity index (χ2n) is 6.24. The third kappa shape index (κ3) is 4.69. The maximum absolute atomic E-state index is 13.5. The summed E-state index contributed by atoms with van der Waals surface area (Å²) in [6.45, 7) is 0.230. The summed E-state index contributed by atoms with van der Waals surface area (Å²) in [5.74, 6) is -1.14. The summed E-state index contributed by atoms with van der Waals surface area (Å²) < 4.78 is 13.5. The van der Waals surface area contributed by atoms with Gasteiger partial charge in [0.2, 0.25) is 17.7 Å². The van der Waals surface area contributed by atoms with Crippen molar-refractivity contribution in [2.45, 2.75) is 19.3 Å². The minimum absolute atomic E-state index is 0.00680. The molecule has 1 aliphatic rings. The van der Waals surface area contributed by atoms with Gasteiger partial charge in [0.05, 0.1) is 11.4 Å². The first-order valence-electron chi connectivity index (χ1n) is 8.74. The van der Waals surface area contributed by atoms with Gasteiger partial charge in [0.15, 0.2) is 0 Å². The fraction of sp³-hybridized carbons (Fsp3) is 0.250. The summed E-state index contributed by atoms with van der Waals surface area (Å²) in [6, 6.07) is 13.4. The Morgan fingerprint density at radius 3 is 2.63 bits per heavy atom. The molecular weight excluding hydrogens is 349 g/mol. The molecule has 3 rings (SSSR count). The average Bonchev–Trinajstić information content (AvgIpc) is 2.67. The van der Waals surface area contributed by atoms with Crippen molar-refractivity contribution in [3.05, 3.63) is 59.9 Å². The van der Waals surface area contributed by atoms with Gasteiger partial charge in [-0.15, -0.1) is 0 Å². The number of benzene rings is 2. The van der Waals surface area contributed by atoms with Crippen LogP contribution >= 0.6 is 0 Å². The zero-order chi connectivity index (χ0) is 19.2. The number of nitrogens with one attached hydrogen (secondary N) is 2. The molecule has 2 N–H and O–H groups in total. The Morgan fingerprint density at radius 1 is 1.07 bits per heavy atom. The van der Waals surface area contributed by atoms with Crippen LogP contribution in [0.5, 0.6) is 0 Å². The monoisotopic (exact) mass is 369 g/mol. The quantitative estimate of drug-likeness (QED) is 0.820. The van der Waals surface area contributed by atoms with Crippen LogP contribution in [0.3, 0.4) is 0 Å². The maximum atomic E-state index is 13.5. The van der Waals surface area contributed by atoms with Crippen molar-refractivity contribution in [1.82, 2.24) is 5.32 Å². The highest BCUT2D eigenvalue weighted by Crippen LogP contribution is 2.29. The first-order valence-corrected chi connectivity index (χ1v) is 8.74. The van der Waals surface area contributed by atoms with Gasteiger partial charge in [0, 0.05) is 19.4 Å². The molecule has 0 radical (unpaired) electrons. The van der Waals surface area contributed by atoms with Gasteiger partial charge >= 0.3 is 0 Å². The standard InChI is InChI=1S/C20H20FN3O3/c21-15-6-2-1-5-14(15)11-12-22-18(25)9-10-20(27)24-13-19(26)23-16-7-3-4-8-17(16)24/h1-8H,9-13H2,(H,22,25)(H,23,26). The minimum Gasteiger partial charge on any atom is -0.356 e. The van der Waals surface area contributed by atoms with Crippen LogP contribution in [0.2, 0.25) is 0 Å². The molecule has 6 nitrogen and oxygen atoms in total. The molecule has 0 fully saturated rings. The molecule has 0 atom stereocenters. The molecule has 27 heavy (non-hydrogen) atoms. The number of fused-ring (bicyclic) bond motifs is 1. The van der Waals surface area contributed by atoms with Gasteiger partial charge in [-0.05, 0) is 30.2 Å². The number of carbonyl (C=O) groups excluding carboxylic acids is 3. The predicted molar refractivity (Wildman–Crippen MR) is 99.8 cm³/mol. The third-order valence-electron chi connectivity index (χ3n) is 4.31. The highest BCUT2D eigenvalue weighted by atomic mass is 19.1. The van der Waals surface area contributed by atoms with Gasteiger partial charge in [-0.2, -0.15) is 0 Å². The Bertz CT molecular complexity index is 869. The lowest BCUT2D eigenvalue weighted by molar-refractivity contribution is -0.125. The number of halogens is 1. The summed E-state index contributed by atoms with van der Waals surface area (Å²) in [4.78, 5) is 37.6. The molecule has 0 spiro atoms. The van der Waals surface area contributed by atoms with Gasteiger partial charge in [-0.1, -0.05) is 30.3 Å². The zero-order valence-electron chi connectivity index (χ0n) is 14.7. The van der Waals surface area contributed by atoms with E-state index in [1.165, 1.54) is 11.0 Å². The van der Waals surface area contributed by atoms with E-state index in [1.54, 1.807) is 42.5 Å². The van der Waals surface area contributed by atoms with E-state index < -0.39 is 0 Å². The number of rotatable bonds is 6. The second kappa shape index (κ2) is 8.44. The number of carbonyl (C=O) groups is 3. The molecule has 0 aliphatic carbocycles. The number of amides is 3. The molecule has 0 unspecified atom stereocenters. The van der Waals surface area contributed by atoms with Crippen molar-refractivity contribution in [2.75, 3.05) is 23.3 Å². The van der Waals surface area contributed by atoms with Gasteiger partial charge in [-0.25, -0.2) is 4.39 Å². The fourth-order valence-corrected chi connectivity index (χ4v) is 2.94. The molecule has 1 aliphatic heterocycles. The lowest BCUT2D eigenvalue weighted by atomic mass is 10.1. The van der Waals surface area contributed by atoms with E-state index in [0.29, 0.717) is 29.9 Å². The van der Waals surface area contributed by atoms with E-state index in [1.807, 2.05) is 0 Å². The Labute approximate surface area is 156 Å². The van der Waals surface area contributed by atoms with Crippen molar-refractivity contribution in [1.29, 1.82) is 0 Å². The van der Waals surface area contributed by atoms with E-state index >= 15 is 0 Å². The molecule has 0 bridgehead atoms. The Kier molecular flexibility index (Phi) is 5.80. The largest absolute Gasteiger partial charge is 0.356 e. The molecule has 2 aromatic carbocycles. The minimum atomic E-state index is -0.302. The van der Waals surface area contributed by atoms with E-state index in [0.717, 1.165) is 0 Å². The maximum Gasteiger partial charge on any atom is 0.244 e. The van der Waals surface area contributed by atoms with Crippen molar-refractivity contribution in [2.24, 2.45) is 0 Å². The van der Waals surface area contributed by atoms with Crippen molar-refractivity contribution >= 4 is 29.1 Å². The van der Waals surface area contributed by atoms with E-state index in [-0.39, 0.29) is 42.9 Å². The first-order chi connectivity index (χ1) is 13.0. The molecule has 1 heterocycles. The summed E-state index contributed by atoms with van der Waals surface area (Å²) in [5.41, 5.74) is 1.74. The predicted octanol–water partition coefficient (Wildman–Crippen LogP) is 2.25. The average molecular weight is 369 g/mol. The summed E-state index contributed by atoms with van der Waals surface area (Å²) in [5, 5.41) is 5.40. The van der Waals surface area contributed by atoms with Gasteiger partial charge < -0.3 is 15.5 Å². The molecule has 0 saturated carbocycles. The van der Waals surface area contributed by atoms with Crippen LogP contribution in [0, 0.1) is 5.82 Å². The van der Waals surface area contributed by atoms with Crippen LogP contribution in [0.15, 0.2) is 48.5 Å². The number of anilines is 2. The number of hydrogen-bond acceptors (Lipinski definition) is 3. The molecule has 140 valence electrons. The van der Waals surface area contributed by atoms with Gasteiger partial charge in [-0.3, -0.25) is 14.4 Å².